The summed E-state index contributed by atoms with van der Waals surface area (Å²) in [6, 6.07) is 5.87. The van der Waals surface area contributed by atoms with Gasteiger partial charge in [-0.2, -0.15) is 0 Å². The van der Waals surface area contributed by atoms with Crippen LogP contribution in [0.25, 0.3) is 0 Å². The van der Waals surface area contributed by atoms with Crippen molar-refractivity contribution in [1.82, 2.24) is 24.5 Å². The molecular weight excluding hydrogens is 326 g/mol. The molecule has 0 unspecified atom stereocenters. The zero-order valence-corrected chi connectivity index (χ0v) is 15.0. The fraction of sp³-hybridized carbons (Fsp3) is 0.368. The summed E-state index contributed by atoms with van der Waals surface area (Å²) in [5, 5.41) is 3.36. The van der Waals surface area contributed by atoms with Crippen molar-refractivity contribution in [3.05, 3.63) is 60.1 Å². The molecule has 4 heterocycles. The second kappa shape index (κ2) is 7.51. The van der Waals surface area contributed by atoms with Crippen molar-refractivity contribution < 1.29 is 0 Å². The Hall–Kier alpha value is -2.96. The Morgan fingerprint density at radius 1 is 1.00 bits per heavy atom. The molecule has 4 rings (SSSR count). The zero-order valence-electron chi connectivity index (χ0n) is 15.0. The minimum Gasteiger partial charge on any atom is -0.364 e. The van der Waals surface area contributed by atoms with Crippen molar-refractivity contribution in [1.29, 1.82) is 0 Å². The minimum absolute atomic E-state index is 0.714. The molecule has 0 spiro atoms. The van der Waals surface area contributed by atoms with E-state index in [4.69, 9.17) is 0 Å². The Morgan fingerprint density at radius 2 is 1.88 bits per heavy atom. The van der Waals surface area contributed by atoms with E-state index < -0.39 is 0 Å². The lowest BCUT2D eigenvalue weighted by atomic mass is 10.3. The van der Waals surface area contributed by atoms with Crippen LogP contribution < -0.4 is 10.2 Å². The quantitative estimate of drug-likeness (QED) is 0.762. The number of anilines is 2. The maximum Gasteiger partial charge on any atom is 0.225 e. The Bertz CT molecular complexity index is 842. The van der Waals surface area contributed by atoms with Crippen LogP contribution in [0.1, 0.15) is 24.0 Å². The van der Waals surface area contributed by atoms with E-state index in [9.17, 15) is 0 Å². The second-order valence-electron chi connectivity index (χ2n) is 6.37. The lowest BCUT2D eigenvalue weighted by Crippen LogP contribution is -2.28. The molecule has 0 saturated heterocycles. The Labute approximate surface area is 153 Å². The highest BCUT2D eigenvalue weighted by Crippen LogP contribution is 2.16. The molecule has 7 heteroatoms. The van der Waals surface area contributed by atoms with Gasteiger partial charge in [-0.15, -0.1) is 0 Å². The molecule has 1 aliphatic heterocycles. The Kier molecular flexibility index (Phi) is 4.77. The van der Waals surface area contributed by atoms with Crippen molar-refractivity contribution >= 4 is 11.8 Å². The molecule has 0 bridgehead atoms. The van der Waals surface area contributed by atoms with E-state index in [0.717, 1.165) is 50.1 Å². The number of hydrogen-bond donors (Lipinski definition) is 1. The van der Waals surface area contributed by atoms with Crippen molar-refractivity contribution in [3.63, 3.8) is 0 Å². The van der Waals surface area contributed by atoms with Crippen LogP contribution in [0, 0.1) is 0 Å². The zero-order chi connectivity index (χ0) is 17.8. The van der Waals surface area contributed by atoms with Crippen molar-refractivity contribution in [2.45, 2.75) is 32.9 Å². The molecule has 0 atom stereocenters. The van der Waals surface area contributed by atoms with Gasteiger partial charge in [0, 0.05) is 44.6 Å². The summed E-state index contributed by atoms with van der Waals surface area (Å²) in [7, 11) is 0. The number of imidazole rings is 1. The highest BCUT2D eigenvalue weighted by molar-refractivity contribution is 5.34. The number of aromatic nitrogens is 5. The largest absolute Gasteiger partial charge is 0.364 e. The van der Waals surface area contributed by atoms with Crippen molar-refractivity contribution in [3.8, 4) is 0 Å². The Morgan fingerprint density at radius 3 is 2.65 bits per heavy atom. The van der Waals surface area contributed by atoms with E-state index in [1.807, 2.05) is 36.8 Å². The van der Waals surface area contributed by atoms with E-state index in [2.05, 4.69) is 41.6 Å². The highest BCUT2D eigenvalue weighted by Gasteiger charge is 2.19. The van der Waals surface area contributed by atoms with Gasteiger partial charge in [0.1, 0.15) is 11.6 Å². The molecule has 134 valence electrons. The standard InChI is InChI=1S/C19H23N7/c1-2-15-11-23-19(24-12-15)25-8-6-18-22-14-16(26(18)10-9-25)13-21-17-5-3-4-7-20-17/h3-5,7,11-12,14H,2,6,8-10,13H2,1H3,(H,20,21). The van der Waals surface area contributed by atoms with Gasteiger partial charge in [-0.3, -0.25) is 0 Å². The number of pyridine rings is 1. The number of fused-ring (bicyclic) bond motifs is 1. The molecule has 0 aliphatic carbocycles. The summed E-state index contributed by atoms with van der Waals surface area (Å²) in [6.07, 6.45) is 9.46. The van der Waals surface area contributed by atoms with Gasteiger partial charge in [0.25, 0.3) is 0 Å². The lowest BCUT2D eigenvalue weighted by Gasteiger charge is -2.20. The van der Waals surface area contributed by atoms with Crippen LogP contribution in [0.5, 0.6) is 0 Å². The van der Waals surface area contributed by atoms with Gasteiger partial charge >= 0.3 is 0 Å². The second-order valence-corrected chi connectivity index (χ2v) is 6.37. The first-order valence-corrected chi connectivity index (χ1v) is 9.07. The molecule has 3 aromatic rings. The molecule has 3 aromatic heterocycles. The summed E-state index contributed by atoms with van der Waals surface area (Å²) in [5.41, 5.74) is 2.34. The summed E-state index contributed by atoms with van der Waals surface area (Å²) in [4.78, 5) is 20.2. The molecule has 26 heavy (non-hydrogen) atoms. The van der Waals surface area contributed by atoms with Gasteiger partial charge in [0.2, 0.25) is 5.95 Å². The molecule has 0 saturated carbocycles. The number of hydrogen-bond acceptors (Lipinski definition) is 6. The van der Waals surface area contributed by atoms with E-state index >= 15 is 0 Å². The van der Waals surface area contributed by atoms with Gasteiger partial charge in [-0.1, -0.05) is 13.0 Å². The monoisotopic (exact) mass is 349 g/mol. The summed E-state index contributed by atoms with van der Waals surface area (Å²) in [6.45, 7) is 5.48. The Balaban J connectivity index is 1.44. The maximum atomic E-state index is 4.62. The minimum atomic E-state index is 0.714. The molecule has 1 aliphatic rings. The summed E-state index contributed by atoms with van der Waals surface area (Å²) in [5.74, 6) is 2.80. The molecule has 0 amide bonds. The molecule has 7 nitrogen and oxygen atoms in total. The van der Waals surface area contributed by atoms with Crippen LogP contribution >= 0.6 is 0 Å². The first kappa shape index (κ1) is 16.5. The molecular formula is C19H23N7. The van der Waals surface area contributed by atoms with Gasteiger partial charge in [-0.05, 0) is 24.1 Å². The first-order chi connectivity index (χ1) is 12.8. The third-order valence-corrected chi connectivity index (χ3v) is 4.72. The van der Waals surface area contributed by atoms with Crippen LogP contribution in [0.2, 0.25) is 0 Å². The average molecular weight is 349 g/mol. The van der Waals surface area contributed by atoms with Gasteiger partial charge < -0.3 is 14.8 Å². The van der Waals surface area contributed by atoms with Gasteiger partial charge in [0.05, 0.1) is 18.4 Å². The summed E-state index contributed by atoms with van der Waals surface area (Å²) >= 11 is 0. The van der Waals surface area contributed by atoms with Crippen molar-refractivity contribution in [2.24, 2.45) is 0 Å². The topological polar surface area (TPSA) is 71.8 Å². The smallest absolute Gasteiger partial charge is 0.225 e. The number of nitrogens with zero attached hydrogens (tertiary/aromatic N) is 6. The van der Waals surface area contributed by atoms with E-state index in [1.54, 1.807) is 6.20 Å². The third-order valence-electron chi connectivity index (χ3n) is 4.72. The van der Waals surface area contributed by atoms with Gasteiger partial charge in [-0.25, -0.2) is 19.9 Å². The average Bonchev–Trinajstić information content (AvgIpc) is 2.96. The SMILES string of the molecule is CCc1cnc(N2CCc3ncc(CNc4ccccn4)n3CC2)nc1. The van der Waals surface area contributed by atoms with Crippen LogP contribution in [0.15, 0.2) is 43.0 Å². The molecule has 1 N–H and O–H groups in total. The van der Waals surface area contributed by atoms with Gasteiger partial charge in [0.15, 0.2) is 0 Å². The normalized spacial score (nSPS) is 14.0. The van der Waals surface area contributed by atoms with E-state index in [1.165, 1.54) is 11.3 Å². The fourth-order valence-corrected chi connectivity index (χ4v) is 3.18. The maximum absolute atomic E-state index is 4.62. The number of aryl methyl sites for hydroxylation is 1. The van der Waals surface area contributed by atoms with E-state index in [0.29, 0.717) is 6.54 Å². The van der Waals surface area contributed by atoms with Crippen LogP contribution in [-0.2, 0) is 25.9 Å². The fourth-order valence-electron chi connectivity index (χ4n) is 3.18. The van der Waals surface area contributed by atoms with Crippen LogP contribution in [0.3, 0.4) is 0 Å². The first-order valence-electron chi connectivity index (χ1n) is 9.07. The molecule has 0 aromatic carbocycles. The van der Waals surface area contributed by atoms with Crippen LogP contribution in [0.4, 0.5) is 11.8 Å². The predicted molar refractivity (Wildman–Crippen MR) is 101 cm³/mol. The molecule has 0 fully saturated rings. The van der Waals surface area contributed by atoms with E-state index in [-0.39, 0.29) is 0 Å². The lowest BCUT2D eigenvalue weighted by molar-refractivity contribution is 0.655. The highest BCUT2D eigenvalue weighted by atomic mass is 15.3. The third kappa shape index (κ3) is 3.51. The summed E-state index contributed by atoms with van der Waals surface area (Å²) < 4.78 is 2.30. The molecule has 0 radical (unpaired) electrons. The van der Waals surface area contributed by atoms with Crippen LogP contribution in [-0.4, -0.2) is 37.6 Å². The number of nitrogens with one attached hydrogen (secondary N) is 1. The predicted octanol–water partition coefficient (Wildman–Crippen LogP) is 2.31. The van der Waals surface area contributed by atoms with Crippen molar-refractivity contribution in [2.75, 3.05) is 23.3 Å². The number of rotatable bonds is 5.